The highest BCUT2D eigenvalue weighted by molar-refractivity contribution is 6.14. The molecular formula is C17H12O4. The topological polar surface area (TPSA) is 63.6 Å². The second-order valence-electron chi connectivity index (χ2n) is 4.67. The van der Waals surface area contributed by atoms with E-state index < -0.39 is 5.97 Å². The first-order valence-corrected chi connectivity index (χ1v) is 6.46. The molecule has 1 aliphatic rings. The number of carbonyl (C=O) groups excluding carboxylic acids is 1. The van der Waals surface area contributed by atoms with E-state index in [0.717, 1.165) is 11.6 Å². The van der Waals surface area contributed by atoms with Crippen LogP contribution in [0.3, 0.4) is 0 Å². The number of fused-ring (bicyclic) bond motifs is 2. The van der Waals surface area contributed by atoms with Crippen molar-refractivity contribution < 1.29 is 19.4 Å². The SMILES string of the molecule is O=C(O)C=Cc1cccc2c1C(=O)c1ccccc1CO2. The smallest absolute Gasteiger partial charge is 0.328 e. The third kappa shape index (κ3) is 2.43. The normalized spacial score (nSPS) is 13.2. The minimum atomic E-state index is -1.06. The zero-order valence-electron chi connectivity index (χ0n) is 11.1. The van der Waals surface area contributed by atoms with Crippen molar-refractivity contribution in [3.63, 3.8) is 0 Å². The molecule has 0 unspecified atom stereocenters. The fourth-order valence-corrected chi connectivity index (χ4v) is 2.37. The standard InChI is InChI=1S/C17H12O4/c18-15(19)9-8-11-5-3-7-14-16(11)17(20)13-6-2-1-4-12(13)10-21-14/h1-9H,10H2,(H,18,19). The maximum absolute atomic E-state index is 12.7. The molecule has 0 aliphatic carbocycles. The van der Waals surface area contributed by atoms with Gasteiger partial charge in [0, 0.05) is 17.2 Å². The van der Waals surface area contributed by atoms with Gasteiger partial charge >= 0.3 is 5.97 Å². The van der Waals surface area contributed by atoms with Gasteiger partial charge in [-0.2, -0.15) is 0 Å². The summed E-state index contributed by atoms with van der Waals surface area (Å²) in [5.41, 5.74) is 2.36. The van der Waals surface area contributed by atoms with Crippen molar-refractivity contribution in [2.24, 2.45) is 0 Å². The predicted molar refractivity (Wildman–Crippen MR) is 77.3 cm³/mol. The average molecular weight is 280 g/mol. The molecule has 3 rings (SSSR count). The molecule has 0 amide bonds. The molecule has 4 heteroatoms. The van der Waals surface area contributed by atoms with E-state index in [-0.39, 0.29) is 5.78 Å². The zero-order valence-corrected chi connectivity index (χ0v) is 11.1. The van der Waals surface area contributed by atoms with Crippen LogP contribution in [-0.2, 0) is 11.4 Å². The molecule has 21 heavy (non-hydrogen) atoms. The first kappa shape index (κ1) is 13.1. The summed E-state index contributed by atoms with van der Waals surface area (Å²) >= 11 is 0. The predicted octanol–water partition coefficient (Wildman–Crippen LogP) is 2.91. The number of ether oxygens (including phenoxy) is 1. The molecule has 1 aliphatic heterocycles. The number of benzene rings is 2. The van der Waals surface area contributed by atoms with Gasteiger partial charge in [0.1, 0.15) is 12.4 Å². The first-order valence-electron chi connectivity index (χ1n) is 6.46. The first-order chi connectivity index (χ1) is 10.2. The number of rotatable bonds is 2. The number of aliphatic carboxylic acids is 1. The third-order valence-corrected chi connectivity index (χ3v) is 3.34. The van der Waals surface area contributed by atoms with Crippen LogP contribution in [0.5, 0.6) is 5.75 Å². The van der Waals surface area contributed by atoms with E-state index in [1.54, 1.807) is 30.3 Å². The third-order valence-electron chi connectivity index (χ3n) is 3.34. The second-order valence-corrected chi connectivity index (χ2v) is 4.67. The van der Waals surface area contributed by atoms with Crippen LogP contribution >= 0.6 is 0 Å². The van der Waals surface area contributed by atoms with E-state index in [0.29, 0.717) is 29.0 Å². The lowest BCUT2D eigenvalue weighted by atomic mass is 9.95. The lowest BCUT2D eigenvalue weighted by Crippen LogP contribution is -2.04. The van der Waals surface area contributed by atoms with Crippen molar-refractivity contribution in [3.8, 4) is 5.75 Å². The molecule has 1 N–H and O–H groups in total. The highest BCUT2D eigenvalue weighted by atomic mass is 16.5. The van der Waals surface area contributed by atoms with Crippen molar-refractivity contribution in [3.05, 3.63) is 70.8 Å². The van der Waals surface area contributed by atoms with Crippen molar-refractivity contribution in [2.45, 2.75) is 6.61 Å². The lowest BCUT2D eigenvalue weighted by Gasteiger charge is -2.08. The Hall–Kier alpha value is -2.88. The van der Waals surface area contributed by atoms with E-state index in [1.165, 1.54) is 6.08 Å². The van der Waals surface area contributed by atoms with Gasteiger partial charge in [0.15, 0.2) is 5.78 Å². The Labute approximate surface area is 121 Å². The van der Waals surface area contributed by atoms with Crippen LogP contribution in [0, 0.1) is 0 Å². The molecule has 0 saturated carbocycles. The van der Waals surface area contributed by atoms with Gasteiger partial charge < -0.3 is 9.84 Å². The number of hydrogen-bond acceptors (Lipinski definition) is 3. The molecule has 104 valence electrons. The molecule has 0 radical (unpaired) electrons. The molecule has 2 aromatic carbocycles. The molecule has 0 spiro atoms. The van der Waals surface area contributed by atoms with E-state index in [1.807, 2.05) is 12.1 Å². The molecule has 4 nitrogen and oxygen atoms in total. The molecule has 0 fully saturated rings. The van der Waals surface area contributed by atoms with Crippen LogP contribution in [0.15, 0.2) is 48.5 Å². The van der Waals surface area contributed by atoms with Crippen LogP contribution < -0.4 is 4.74 Å². The van der Waals surface area contributed by atoms with Crippen molar-refractivity contribution in [1.29, 1.82) is 0 Å². The minimum Gasteiger partial charge on any atom is -0.488 e. The van der Waals surface area contributed by atoms with Gasteiger partial charge in [0.2, 0.25) is 0 Å². The van der Waals surface area contributed by atoms with Crippen LogP contribution in [-0.4, -0.2) is 16.9 Å². The van der Waals surface area contributed by atoms with Gasteiger partial charge in [-0.25, -0.2) is 4.79 Å². The highest BCUT2D eigenvalue weighted by Crippen LogP contribution is 2.31. The average Bonchev–Trinajstić information content (AvgIpc) is 2.64. The summed E-state index contributed by atoms with van der Waals surface area (Å²) in [7, 11) is 0. The largest absolute Gasteiger partial charge is 0.488 e. The maximum atomic E-state index is 12.7. The summed E-state index contributed by atoms with van der Waals surface area (Å²) in [4.78, 5) is 23.4. The maximum Gasteiger partial charge on any atom is 0.328 e. The molecule has 0 aromatic heterocycles. The van der Waals surface area contributed by atoms with Gasteiger partial charge in [0.05, 0.1) is 5.56 Å². The second kappa shape index (κ2) is 5.25. The highest BCUT2D eigenvalue weighted by Gasteiger charge is 2.23. The summed E-state index contributed by atoms with van der Waals surface area (Å²) in [5, 5.41) is 8.76. The zero-order chi connectivity index (χ0) is 14.8. The molecule has 2 aromatic rings. The Balaban J connectivity index is 2.17. The van der Waals surface area contributed by atoms with E-state index in [9.17, 15) is 9.59 Å². The van der Waals surface area contributed by atoms with Crippen molar-refractivity contribution >= 4 is 17.8 Å². The number of carbonyl (C=O) groups is 2. The Morgan fingerprint density at radius 2 is 1.95 bits per heavy atom. The molecule has 0 saturated heterocycles. The quantitative estimate of drug-likeness (QED) is 0.859. The summed E-state index contributed by atoms with van der Waals surface area (Å²) < 4.78 is 5.69. The van der Waals surface area contributed by atoms with Gasteiger partial charge in [0.25, 0.3) is 0 Å². The van der Waals surface area contributed by atoms with Crippen molar-refractivity contribution in [1.82, 2.24) is 0 Å². The summed E-state index contributed by atoms with van der Waals surface area (Å²) in [6.45, 7) is 0.320. The van der Waals surface area contributed by atoms with Gasteiger partial charge in [-0.3, -0.25) is 4.79 Å². The van der Waals surface area contributed by atoms with Crippen molar-refractivity contribution in [2.75, 3.05) is 0 Å². The van der Waals surface area contributed by atoms with Crippen LogP contribution in [0.1, 0.15) is 27.0 Å². The number of carboxylic acid groups (broad SMARTS) is 1. The van der Waals surface area contributed by atoms with Crippen LogP contribution in [0.2, 0.25) is 0 Å². The monoisotopic (exact) mass is 280 g/mol. The summed E-state index contributed by atoms with van der Waals surface area (Å²) in [5.74, 6) is -0.734. The number of ketones is 1. The van der Waals surface area contributed by atoms with E-state index in [4.69, 9.17) is 9.84 Å². The Morgan fingerprint density at radius 1 is 1.14 bits per heavy atom. The number of hydrogen-bond donors (Lipinski definition) is 1. The minimum absolute atomic E-state index is 0.149. The lowest BCUT2D eigenvalue weighted by molar-refractivity contribution is -0.131. The Kier molecular flexibility index (Phi) is 3.28. The fraction of sp³-hybridized carbons (Fsp3) is 0.0588. The Bertz CT molecular complexity index is 759. The van der Waals surface area contributed by atoms with Gasteiger partial charge in [-0.05, 0) is 17.7 Å². The van der Waals surface area contributed by atoms with Gasteiger partial charge in [-0.15, -0.1) is 0 Å². The summed E-state index contributed by atoms with van der Waals surface area (Å²) in [6, 6.07) is 12.4. The van der Waals surface area contributed by atoms with E-state index >= 15 is 0 Å². The summed E-state index contributed by atoms with van der Waals surface area (Å²) in [6.07, 6.45) is 2.43. The molecule has 0 atom stereocenters. The van der Waals surface area contributed by atoms with Gasteiger partial charge in [-0.1, -0.05) is 36.4 Å². The van der Waals surface area contributed by atoms with Crippen LogP contribution in [0.4, 0.5) is 0 Å². The molecule has 1 heterocycles. The Morgan fingerprint density at radius 3 is 2.76 bits per heavy atom. The van der Waals surface area contributed by atoms with Crippen LogP contribution in [0.25, 0.3) is 6.08 Å². The van der Waals surface area contributed by atoms with E-state index in [2.05, 4.69) is 0 Å². The molecular weight excluding hydrogens is 268 g/mol. The molecule has 0 bridgehead atoms. The number of carboxylic acids is 1. The fourth-order valence-electron chi connectivity index (χ4n) is 2.37.